The molecule has 0 bridgehead atoms. The van der Waals surface area contributed by atoms with Crippen LogP contribution in [0.25, 0.3) is 11.3 Å². The molecule has 2 aromatic carbocycles. The molecule has 26 heavy (non-hydrogen) atoms. The lowest BCUT2D eigenvalue weighted by Gasteiger charge is -2.07. The van der Waals surface area contributed by atoms with Crippen molar-refractivity contribution in [2.75, 3.05) is 5.75 Å². The van der Waals surface area contributed by atoms with Crippen LogP contribution in [0.15, 0.2) is 74.6 Å². The van der Waals surface area contributed by atoms with Gasteiger partial charge in [-0.25, -0.2) is 4.98 Å². The van der Waals surface area contributed by atoms with Crippen molar-refractivity contribution in [2.45, 2.75) is 5.03 Å². The van der Waals surface area contributed by atoms with E-state index in [1.54, 1.807) is 18.2 Å². The standard InChI is InChI=1S/C20H12Br2N2OS/c21-16-6-1-13(2-7-16)18-10-5-15(11-23)20(24-18)26-12-19(25)14-3-8-17(22)9-4-14/h1-10H,12H2. The van der Waals surface area contributed by atoms with Crippen LogP contribution in [0, 0.1) is 11.3 Å². The summed E-state index contributed by atoms with van der Waals surface area (Å²) in [6.45, 7) is 0. The Morgan fingerprint density at radius 1 is 0.962 bits per heavy atom. The van der Waals surface area contributed by atoms with E-state index in [4.69, 9.17) is 0 Å². The summed E-state index contributed by atoms with van der Waals surface area (Å²) < 4.78 is 1.92. The van der Waals surface area contributed by atoms with Crippen LogP contribution in [0.4, 0.5) is 0 Å². The van der Waals surface area contributed by atoms with Crippen molar-refractivity contribution in [3.8, 4) is 17.3 Å². The van der Waals surface area contributed by atoms with Gasteiger partial charge in [-0.1, -0.05) is 67.9 Å². The van der Waals surface area contributed by atoms with Gasteiger partial charge in [0.25, 0.3) is 0 Å². The van der Waals surface area contributed by atoms with Gasteiger partial charge in [0.15, 0.2) is 5.78 Å². The van der Waals surface area contributed by atoms with E-state index in [-0.39, 0.29) is 11.5 Å². The normalized spacial score (nSPS) is 10.3. The van der Waals surface area contributed by atoms with Crippen LogP contribution in [0.5, 0.6) is 0 Å². The van der Waals surface area contributed by atoms with Gasteiger partial charge in [0, 0.05) is 20.1 Å². The highest BCUT2D eigenvalue weighted by atomic mass is 79.9. The lowest BCUT2D eigenvalue weighted by molar-refractivity contribution is 0.102. The van der Waals surface area contributed by atoms with Crippen LogP contribution in [0.1, 0.15) is 15.9 Å². The Hall–Kier alpha value is -1.94. The smallest absolute Gasteiger partial charge is 0.173 e. The van der Waals surface area contributed by atoms with E-state index in [9.17, 15) is 10.1 Å². The summed E-state index contributed by atoms with van der Waals surface area (Å²) in [4.78, 5) is 17.0. The summed E-state index contributed by atoms with van der Waals surface area (Å²) in [5.74, 6) is 0.231. The lowest BCUT2D eigenvalue weighted by atomic mass is 10.1. The highest BCUT2D eigenvalue weighted by Crippen LogP contribution is 2.27. The molecule has 128 valence electrons. The van der Waals surface area contributed by atoms with E-state index >= 15 is 0 Å². The van der Waals surface area contributed by atoms with Crippen molar-refractivity contribution in [3.05, 3.63) is 80.7 Å². The number of rotatable bonds is 5. The number of halogens is 2. The number of ketones is 1. The maximum absolute atomic E-state index is 12.4. The fraction of sp³-hybridized carbons (Fsp3) is 0.0500. The fourth-order valence-corrected chi connectivity index (χ4v) is 3.67. The Kier molecular flexibility index (Phi) is 6.25. The minimum Gasteiger partial charge on any atom is -0.293 e. The summed E-state index contributed by atoms with van der Waals surface area (Å²) >= 11 is 8.06. The molecular weight excluding hydrogens is 476 g/mol. The monoisotopic (exact) mass is 486 g/mol. The molecule has 1 aromatic heterocycles. The Morgan fingerprint density at radius 3 is 2.19 bits per heavy atom. The highest BCUT2D eigenvalue weighted by molar-refractivity contribution is 9.10. The average molecular weight is 488 g/mol. The summed E-state index contributed by atoms with van der Waals surface area (Å²) in [6.07, 6.45) is 0. The highest BCUT2D eigenvalue weighted by Gasteiger charge is 2.12. The van der Waals surface area contributed by atoms with Gasteiger partial charge in [-0.2, -0.15) is 5.26 Å². The van der Waals surface area contributed by atoms with Gasteiger partial charge in [-0.3, -0.25) is 4.79 Å². The van der Waals surface area contributed by atoms with Gasteiger partial charge >= 0.3 is 0 Å². The third-order valence-corrected chi connectivity index (χ3v) is 5.68. The molecule has 0 saturated heterocycles. The Balaban J connectivity index is 1.81. The largest absolute Gasteiger partial charge is 0.293 e. The Bertz CT molecular complexity index is 980. The first-order chi connectivity index (χ1) is 12.6. The SMILES string of the molecule is N#Cc1ccc(-c2ccc(Br)cc2)nc1SCC(=O)c1ccc(Br)cc1. The zero-order valence-corrected chi connectivity index (χ0v) is 17.4. The Labute approximate surface area is 172 Å². The zero-order chi connectivity index (χ0) is 18.5. The van der Waals surface area contributed by atoms with Crippen LogP contribution in [0.3, 0.4) is 0 Å². The molecule has 0 unspecified atom stereocenters. The second kappa shape index (κ2) is 8.63. The molecule has 0 radical (unpaired) electrons. The maximum Gasteiger partial charge on any atom is 0.173 e. The van der Waals surface area contributed by atoms with E-state index in [1.165, 1.54) is 11.8 Å². The van der Waals surface area contributed by atoms with Crippen molar-refractivity contribution >= 4 is 49.4 Å². The van der Waals surface area contributed by atoms with E-state index in [0.717, 1.165) is 20.2 Å². The maximum atomic E-state index is 12.4. The van der Waals surface area contributed by atoms with Crippen molar-refractivity contribution < 1.29 is 4.79 Å². The summed E-state index contributed by atoms with van der Waals surface area (Å²) in [5, 5.41) is 9.90. The number of thioether (sulfide) groups is 1. The van der Waals surface area contributed by atoms with Gasteiger partial charge in [0.2, 0.25) is 0 Å². The van der Waals surface area contributed by atoms with Crippen LogP contribution >= 0.6 is 43.6 Å². The van der Waals surface area contributed by atoms with Crippen LogP contribution in [-0.4, -0.2) is 16.5 Å². The Morgan fingerprint density at radius 2 is 1.58 bits per heavy atom. The minimum absolute atomic E-state index is 0.00207. The first kappa shape index (κ1) is 18.8. The molecule has 0 aliphatic rings. The predicted molar refractivity (Wildman–Crippen MR) is 111 cm³/mol. The molecule has 3 rings (SSSR count). The predicted octanol–water partition coefficient (Wildman–Crippen LogP) is 6.12. The number of aromatic nitrogens is 1. The number of nitriles is 1. The number of Topliss-reactive ketones (excluding diaryl/α,β-unsaturated/α-hetero) is 1. The zero-order valence-electron chi connectivity index (χ0n) is 13.4. The number of hydrogen-bond acceptors (Lipinski definition) is 4. The van der Waals surface area contributed by atoms with E-state index in [0.29, 0.717) is 16.2 Å². The number of carbonyl (C=O) groups excluding carboxylic acids is 1. The molecular formula is C20H12Br2N2OS. The number of hydrogen-bond donors (Lipinski definition) is 0. The number of benzene rings is 2. The molecule has 0 amide bonds. The topological polar surface area (TPSA) is 53.8 Å². The van der Waals surface area contributed by atoms with E-state index in [2.05, 4.69) is 42.9 Å². The second-order valence-electron chi connectivity index (χ2n) is 5.39. The van der Waals surface area contributed by atoms with Gasteiger partial charge in [-0.05, 0) is 36.4 Å². The molecule has 1 heterocycles. The van der Waals surface area contributed by atoms with Gasteiger partial charge in [0.05, 0.1) is 17.0 Å². The first-order valence-electron chi connectivity index (χ1n) is 7.65. The number of pyridine rings is 1. The third kappa shape index (κ3) is 4.61. The molecule has 3 aromatic rings. The molecule has 0 saturated carbocycles. The van der Waals surface area contributed by atoms with Gasteiger partial charge < -0.3 is 0 Å². The number of carbonyl (C=O) groups is 1. The van der Waals surface area contributed by atoms with E-state index in [1.807, 2.05) is 42.5 Å². The molecule has 0 fully saturated rings. The average Bonchev–Trinajstić information content (AvgIpc) is 2.67. The summed E-state index contributed by atoms with van der Waals surface area (Å²) in [5.41, 5.74) is 2.84. The first-order valence-corrected chi connectivity index (χ1v) is 10.2. The second-order valence-corrected chi connectivity index (χ2v) is 8.18. The molecule has 6 heteroatoms. The van der Waals surface area contributed by atoms with Crippen molar-refractivity contribution in [3.63, 3.8) is 0 Å². The minimum atomic E-state index is 0.00207. The van der Waals surface area contributed by atoms with E-state index < -0.39 is 0 Å². The van der Waals surface area contributed by atoms with Crippen molar-refractivity contribution in [1.82, 2.24) is 4.98 Å². The molecule has 3 nitrogen and oxygen atoms in total. The fourth-order valence-electron chi connectivity index (χ4n) is 2.27. The molecule has 0 aliphatic carbocycles. The van der Waals surface area contributed by atoms with Crippen molar-refractivity contribution in [1.29, 1.82) is 5.26 Å². The summed E-state index contributed by atoms with van der Waals surface area (Å²) in [6, 6.07) is 20.8. The number of nitrogens with zero attached hydrogens (tertiary/aromatic N) is 2. The quantitative estimate of drug-likeness (QED) is 0.321. The summed E-state index contributed by atoms with van der Waals surface area (Å²) in [7, 11) is 0. The molecule has 0 aliphatic heterocycles. The van der Waals surface area contributed by atoms with Gasteiger partial charge in [-0.15, -0.1) is 0 Å². The third-order valence-electron chi connectivity index (χ3n) is 3.63. The van der Waals surface area contributed by atoms with Gasteiger partial charge in [0.1, 0.15) is 11.1 Å². The lowest BCUT2D eigenvalue weighted by Crippen LogP contribution is -2.03. The molecule has 0 spiro atoms. The van der Waals surface area contributed by atoms with Crippen molar-refractivity contribution in [2.24, 2.45) is 0 Å². The van der Waals surface area contributed by atoms with Crippen LogP contribution in [0.2, 0.25) is 0 Å². The van der Waals surface area contributed by atoms with Crippen LogP contribution in [-0.2, 0) is 0 Å². The molecule has 0 N–H and O–H groups in total. The van der Waals surface area contributed by atoms with Crippen LogP contribution < -0.4 is 0 Å². The molecule has 0 atom stereocenters.